The van der Waals surface area contributed by atoms with Gasteiger partial charge in [0.2, 0.25) is 5.91 Å². The number of carbonyl (C=O) groups is 1. The molecule has 3 aromatic rings. The summed E-state index contributed by atoms with van der Waals surface area (Å²) in [6, 6.07) is 12.5. The van der Waals surface area contributed by atoms with E-state index in [9.17, 15) is 4.79 Å². The molecule has 1 aromatic carbocycles. The third-order valence-electron chi connectivity index (χ3n) is 6.11. The fourth-order valence-corrected chi connectivity index (χ4v) is 4.51. The normalized spacial score (nSPS) is 19.0. The number of rotatable bonds is 3. The lowest BCUT2D eigenvalue weighted by molar-refractivity contribution is -0.120. The number of aromatic nitrogens is 2. The number of amides is 1. The van der Waals surface area contributed by atoms with Crippen molar-refractivity contribution in [2.24, 2.45) is 5.92 Å². The van der Waals surface area contributed by atoms with Crippen molar-refractivity contribution < 1.29 is 4.79 Å². The van der Waals surface area contributed by atoms with Gasteiger partial charge in [0.15, 0.2) is 0 Å². The molecule has 1 atom stereocenters. The SMILES string of the molecule is Cc1ccn2c3c(nc2c1)CCC(C(=O)Nc1ccc(N2CCCC2)cc1)C3. The van der Waals surface area contributed by atoms with E-state index in [4.69, 9.17) is 4.98 Å². The maximum absolute atomic E-state index is 12.9. The highest BCUT2D eigenvalue weighted by atomic mass is 16.1. The molecule has 2 aromatic heterocycles. The Labute approximate surface area is 165 Å². The lowest BCUT2D eigenvalue weighted by atomic mass is 9.89. The molecular formula is C23H26N4O. The van der Waals surface area contributed by atoms with Crippen LogP contribution in [0.3, 0.4) is 0 Å². The second kappa shape index (κ2) is 6.97. The molecule has 5 rings (SSSR count). The van der Waals surface area contributed by atoms with E-state index in [-0.39, 0.29) is 11.8 Å². The highest BCUT2D eigenvalue weighted by Crippen LogP contribution is 2.28. The first-order valence-electron chi connectivity index (χ1n) is 10.3. The van der Waals surface area contributed by atoms with Crippen LogP contribution in [0.2, 0.25) is 0 Å². The third-order valence-corrected chi connectivity index (χ3v) is 6.11. The van der Waals surface area contributed by atoms with Gasteiger partial charge in [0.25, 0.3) is 0 Å². The lowest BCUT2D eigenvalue weighted by Crippen LogP contribution is -2.28. The highest BCUT2D eigenvalue weighted by Gasteiger charge is 2.28. The van der Waals surface area contributed by atoms with Crippen LogP contribution in [0.1, 0.15) is 36.2 Å². The van der Waals surface area contributed by atoms with Crippen molar-refractivity contribution in [3.8, 4) is 0 Å². The number of aryl methyl sites for hydroxylation is 2. The van der Waals surface area contributed by atoms with Crippen LogP contribution in [-0.4, -0.2) is 28.4 Å². The van der Waals surface area contributed by atoms with Crippen LogP contribution in [0, 0.1) is 12.8 Å². The molecule has 28 heavy (non-hydrogen) atoms. The molecule has 1 aliphatic carbocycles. The molecule has 1 aliphatic heterocycles. The van der Waals surface area contributed by atoms with Gasteiger partial charge in [0, 0.05) is 48.7 Å². The van der Waals surface area contributed by atoms with Gasteiger partial charge in [-0.3, -0.25) is 4.79 Å². The fraction of sp³-hybridized carbons (Fsp3) is 0.391. The summed E-state index contributed by atoms with van der Waals surface area (Å²) >= 11 is 0. The van der Waals surface area contributed by atoms with Gasteiger partial charge in [-0.2, -0.15) is 0 Å². The number of hydrogen-bond acceptors (Lipinski definition) is 3. The number of imidazole rings is 1. The second-order valence-electron chi connectivity index (χ2n) is 8.11. The Hall–Kier alpha value is -2.82. The van der Waals surface area contributed by atoms with Gasteiger partial charge in [-0.25, -0.2) is 4.98 Å². The molecule has 2 aliphatic rings. The van der Waals surface area contributed by atoms with Crippen LogP contribution < -0.4 is 10.2 Å². The minimum atomic E-state index is -0.00744. The number of fused-ring (bicyclic) bond motifs is 3. The van der Waals surface area contributed by atoms with Crippen molar-refractivity contribution in [1.29, 1.82) is 0 Å². The largest absolute Gasteiger partial charge is 0.372 e. The maximum Gasteiger partial charge on any atom is 0.227 e. The zero-order valence-corrected chi connectivity index (χ0v) is 16.3. The molecule has 1 amide bonds. The Bertz CT molecular complexity index is 1020. The van der Waals surface area contributed by atoms with E-state index >= 15 is 0 Å². The Balaban J connectivity index is 1.29. The molecule has 1 N–H and O–H groups in total. The molecule has 1 saturated heterocycles. The van der Waals surface area contributed by atoms with E-state index in [2.05, 4.69) is 52.0 Å². The van der Waals surface area contributed by atoms with Gasteiger partial charge in [0.1, 0.15) is 5.65 Å². The van der Waals surface area contributed by atoms with Crippen LogP contribution in [-0.2, 0) is 17.6 Å². The summed E-state index contributed by atoms with van der Waals surface area (Å²) in [5.74, 6) is 0.105. The predicted octanol–water partition coefficient (Wildman–Crippen LogP) is 3.99. The molecule has 5 heteroatoms. The first-order valence-corrected chi connectivity index (χ1v) is 10.3. The lowest BCUT2D eigenvalue weighted by Gasteiger charge is -2.22. The van der Waals surface area contributed by atoms with Crippen molar-refractivity contribution in [3.63, 3.8) is 0 Å². The van der Waals surface area contributed by atoms with Crippen LogP contribution >= 0.6 is 0 Å². The number of anilines is 2. The molecule has 0 radical (unpaired) electrons. The fourth-order valence-electron chi connectivity index (χ4n) is 4.51. The number of carbonyl (C=O) groups excluding carboxylic acids is 1. The zero-order valence-electron chi connectivity index (χ0n) is 16.3. The minimum Gasteiger partial charge on any atom is -0.372 e. The molecule has 144 valence electrons. The quantitative estimate of drug-likeness (QED) is 0.754. The molecule has 1 fully saturated rings. The van der Waals surface area contributed by atoms with E-state index in [1.54, 1.807) is 0 Å². The summed E-state index contributed by atoms with van der Waals surface area (Å²) in [7, 11) is 0. The molecule has 1 unspecified atom stereocenters. The van der Waals surface area contributed by atoms with Gasteiger partial charge in [0.05, 0.1) is 5.69 Å². The van der Waals surface area contributed by atoms with Gasteiger partial charge in [-0.05, 0) is 74.6 Å². The third kappa shape index (κ3) is 3.15. The monoisotopic (exact) mass is 374 g/mol. The minimum absolute atomic E-state index is 0.00744. The molecule has 0 spiro atoms. The number of nitrogens with one attached hydrogen (secondary N) is 1. The van der Waals surface area contributed by atoms with Crippen molar-refractivity contribution in [1.82, 2.24) is 9.38 Å². The molecule has 5 nitrogen and oxygen atoms in total. The Morgan fingerprint density at radius 3 is 2.71 bits per heavy atom. The van der Waals surface area contributed by atoms with Crippen molar-refractivity contribution in [3.05, 3.63) is 59.5 Å². The number of benzene rings is 1. The standard InChI is InChI=1S/C23H26N4O/c1-16-10-13-27-21-15-17(4-9-20(21)25-22(27)14-16)23(28)24-18-5-7-19(8-6-18)26-11-2-3-12-26/h5-8,10,13-14,17H,2-4,9,11-12,15H2,1H3,(H,24,28). The van der Waals surface area contributed by atoms with Gasteiger partial charge in [-0.15, -0.1) is 0 Å². The van der Waals surface area contributed by atoms with E-state index in [1.165, 1.54) is 29.8 Å². The predicted molar refractivity (Wildman–Crippen MR) is 112 cm³/mol. The summed E-state index contributed by atoms with van der Waals surface area (Å²) < 4.78 is 2.15. The Morgan fingerprint density at radius 1 is 1.14 bits per heavy atom. The van der Waals surface area contributed by atoms with E-state index in [0.717, 1.165) is 49.4 Å². The average molecular weight is 374 g/mol. The Morgan fingerprint density at radius 2 is 1.93 bits per heavy atom. The summed E-state index contributed by atoms with van der Waals surface area (Å²) in [5.41, 5.74) is 6.66. The molecule has 0 bridgehead atoms. The van der Waals surface area contributed by atoms with Gasteiger partial charge >= 0.3 is 0 Å². The average Bonchev–Trinajstić information content (AvgIpc) is 3.35. The van der Waals surface area contributed by atoms with E-state index < -0.39 is 0 Å². The van der Waals surface area contributed by atoms with Crippen molar-refractivity contribution >= 4 is 22.9 Å². The summed E-state index contributed by atoms with van der Waals surface area (Å²) in [4.78, 5) is 20.0. The smallest absolute Gasteiger partial charge is 0.227 e. The van der Waals surface area contributed by atoms with Crippen LogP contribution in [0.4, 0.5) is 11.4 Å². The number of nitrogens with zero attached hydrogens (tertiary/aromatic N) is 3. The van der Waals surface area contributed by atoms with Crippen LogP contribution in [0.5, 0.6) is 0 Å². The van der Waals surface area contributed by atoms with Crippen molar-refractivity contribution in [2.75, 3.05) is 23.3 Å². The van der Waals surface area contributed by atoms with Gasteiger partial charge < -0.3 is 14.6 Å². The zero-order chi connectivity index (χ0) is 19.1. The summed E-state index contributed by atoms with van der Waals surface area (Å²) in [6.07, 6.45) is 7.08. The molecular weight excluding hydrogens is 348 g/mol. The van der Waals surface area contributed by atoms with E-state index in [0.29, 0.717) is 0 Å². The van der Waals surface area contributed by atoms with Crippen LogP contribution in [0.25, 0.3) is 5.65 Å². The first-order chi connectivity index (χ1) is 13.7. The summed E-state index contributed by atoms with van der Waals surface area (Å²) in [5, 5.41) is 3.12. The molecule has 0 saturated carbocycles. The molecule has 3 heterocycles. The first kappa shape index (κ1) is 17.3. The topological polar surface area (TPSA) is 49.6 Å². The van der Waals surface area contributed by atoms with Gasteiger partial charge in [-0.1, -0.05) is 0 Å². The maximum atomic E-state index is 12.9. The number of hydrogen-bond donors (Lipinski definition) is 1. The van der Waals surface area contributed by atoms with Crippen LogP contribution in [0.15, 0.2) is 42.6 Å². The number of pyridine rings is 1. The second-order valence-corrected chi connectivity index (χ2v) is 8.11. The highest BCUT2D eigenvalue weighted by molar-refractivity contribution is 5.93. The van der Waals surface area contributed by atoms with Crippen molar-refractivity contribution in [2.45, 2.75) is 39.0 Å². The summed E-state index contributed by atoms with van der Waals surface area (Å²) in [6.45, 7) is 4.35. The van der Waals surface area contributed by atoms with E-state index in [1.807, 2.05) is 12.1 Å². The Kier molecular flexibility index (Phi) is 4.30.